The Hall–Kier alpha value is -2.38. The van der Waals surface area contributed by atoms with Crippen LogP contribution in [-0.4, -0.2) is 26.4 Å². The molecule has 0 fully saturated rings. The summed E-state index contributed by atoms with van der Waals surface area (Å²) in [6, 6.07) is 13.8. The summed E-state index contributed by atoms with van der Waals surface area (Å²) in [6.45, 7) is 2.00. The molecule has 0 saturated heterocycles. The van der Waals surface area contributed by atoms with Crippen LogP contribution < -0.4 is 5.32 Å². The molecule has 134 valence electrons. The van der Waals surface area contributed by atoms with Gasteiger partial charge in [-0.1, -0.05) is 48.5 Å². The van der Waals surface area contributed by atoms with E-state index in [1.165, 1.54) is 30.0 Å². The van der Waals surface area contributed by atoms with Crippen LogP contribution in [0.1, 0.15) is 12.7 Å². The fourth-order valence-electron chi connectivity index (χ4n) is 2.36. The molecule has 8 heteroatoms. The van der Waals surface area contributed by atoms with Gasteiger partial charge in [-0.15, -0.1) is 10.2 Å². The predicted molar refractivity (Wildman–Crippen MR) is 102 cm³/mol. The topological polar surface area (TPSA) is 59.8 Å². The van der Waals surface area contributed by atoms with Gasteiger partial charge in [0.25, 0.3) is 0 Å². The van der Waals surface area contributed by atoms with Gasteiger partial charge < -0.3 is 5.32 Å². The molecule has 2 aromatic carbocycles. The molecule has 0 atom stereocenters. The monoisotopic (exact) mass is 390 g/mol. The second-order valence-electron chi connectivity index (χ2n) is 5.39. The van der Waals surface area contributed by atoms with Crippen LogP contribution >= 0.6 is 23.4 Å². The van der Waals surface area contributed by atoms with Crippen molar-refractivity contribution in [2.24, 2.45) is 0 Å². The highest BCUT2D eigenvalue weighted by Crippen LogP contribution is 2.23. The van der Waals surface area contributed by atoms with Gasteiger partial charge in [0.1, 0.15) is 11.6 Å². The lowest BCUT2D eigenvalue weighted by Crippen LogP contribution is -2.14. The number of rotatable bonds is 6. The number of hydrogen-bond acceptors (Lipinski definition) is 4. The largest absolute Gasteiger partial charge is 0.325 e. The molecule has 3 rings (SSSR count). The molecule has 0 aliphatic heterocycles. The summed E-state index contributed by atoms with van der Waals surface area (Å²) in [5, 5.41) is 11.7. The maximum absolute atomic E-state index is 13.2. The summed E-state index contributed by atoms with van der Waals surface area (Å²) in [5.74, 6) is 0.203. The number of halogens is 2. The van der Waals surface area contributed by atoms with Crippen LogP contribution in [0.2, 0.25) is 5.02 Å². The van der Waals surface area contributed by atoms with Gasteiger partial charge in [-0.05, 0) is 30.3 Å². The van der Waals surface area contributed by atoms with Crippen LogP contribution in [0.25, 0.3) is 5.69 Å². The Morgan fingerprint density at radius 3 is 2.69 bits per heavy atom. The lowest BCUT2D eigenvalue weighted by molar-refractivity contribution is -0.113. The molecule has 0 radical (unpaired) electrons. The van der Waals surface area contributed by atoms with Gasteiger partial charge in [0.05, 0.1) is 10.8 Å². The normalized spacial score (nSPS) is 10.7. The van der Waals surface area contributed by atoms with Crippen LogP contribution in [0, 0.1) is 5.82 Å². The zero-order valence-electron chi connectivity index (χ0n) is 13.9. The standard InChI is InChI=1S/C18H16ClFN4OS/c1-2-16-22-23-18(24(16)13-6-4-3-5-7-13)26-11-17(25)21-12-8-9-15(20)14(19)10-12/h3-10H,2,11H2,1H3,(H,21,25). The number of carbonyl (C=O) groups excluding carboxylic acids is 1. The number of aromatic nitrogens is 3. The molecule has 5 nitrogen and oxygen atoms in total. The third kappa shape index (κ3) is 4.23. The van der Waals surface area contributed by atoms with E-state index in [0.29, 0.717) is 10.8 Å². The first-order valence-electron chi connectivity index (χ1n) is 7.96. The fourth-order valence-corrected chi connectivity index (χ4v) is 3.31. The number of benzene rings is 2. The van der Waals surface area contributed by atoms with Gasteiger partial charge in [-0.3, -0.25) is 9.36 Å². The number of nitrogens with zero attached hydrogens (tertiary/aromatic N) is 3. The molecule has 1 aromatic heterocycles. The molecule has 0 spiro atoms. The average molecular weight is 391 g/mol. The van der Waals surface area contributed by atoms with E-state index in [0.717, 1.165) is 17.9 Å². The summed E-state index contributed by atoms with van der Waals surface area (Å²) in [4.78, 5) is 12.2. The fraction of sp³-hybridized carbons (Fsp3) is 0.167. The molecule has 1 heterocycles. The first-order valence-corrected chi connectivity index (χ1v) is 9.32. The van der Waals surface area contributed by atoms with Crippen LogP contribution in [0.5, 0.6) is 0 Å². The average Bonchev–Trinajstić information content (AvgIpc) is 3.07. The number of hydrogen-bond donors (Lipinski definition) is 1. The Balaban J connectivity index is 1.70. The van der Waals surface area contributed by atoms with Crippen LogP contribution in [0.4, 0.5) is 10.1 Å². The molecule has 0 saturated carbocycles. The minimum Gasteiger partial charge on any atom is -0.325 e. The van der Waals surface area contributed by atoms with E-state index in [9.17, 15) is 9.18 Å². The van der Waals surface area contributed by atoms with Crippen LogP contribution in [0.15, 0.2) is 53.7 Å². The number of para-hydroxylation sites is 1. The van der Waals surface area contributed by atoms with E-state index in [1.807, 2.05) is 41.8 Å². The predicted octanol–water partition coefficient (Wildman–Crippen LogP) is 4.35. The highest BCUT2D eigenvalue weighted by molar-refractivity contribution is 7.99. The van der Waals surface area contributed by atoms with E-state index in [2.05, 4.69) is 15.5 Å². The molecule has 0 bridgehead atoms. The molecule has 3 aromatic rings. The SMILES string of the molecule is CCc1nnc(SCC(=O)Nc2ccc(F)c(Cl)c2)n1-c1ccccc1. The van der Waals surface area contributed by atoms with Crippen LogP contribution in [0.3, 0.4) is 0 Å². The molecular weight excluding hydrogens is 375 g/mol. The Morgan fingerprint density at radius 1 is 1.23 bits per heavy atom. The highest BCUT2D eigenvalue weighted by Gasteiger charge is 2.15. The van der Waals surface area contributed by atoms with Gasteiger partial charge in [-0.25, -0.2) is 4.39 Å². The maximum Gasteiger partial charge on any atom is 0.234 e. The first-order chi connectivity index (χ1) is 12.6. The summed E-state index contributed by atoms with van der Waals surface area (Å²) < 4.78 is 15.1. The van der Waals surface area contributed by atoms with Crippen LogP contribution in [-0.2, 0) is 11.2 Å². The van der Waals surface area contributed by atoms with Crippen molar-refractivity contribution in [3.63, 3.8) is 0 Å². The van der Waals surface area contributed by atoms with Gasteiger partial charge in [0, 0.05) is 17.8 Å². The minimum absolute atomic E-state index is 0.0353. The van der Waals surface area contributed by atoms with Crippen molar-refractivity contribution in [2.45, 2.75) is 18.5 Å². The molecule has 0 aliphatic carbocycles. The van der Waals surface area contributed by atoms with E-state index in [1.54, 1.807) is 0 Å². The summed E-state index contributed by atoms with van der Waals surface area (Å²) in [6.07, 6.45) is 0.725. The molecule has 1 N–H and O–H groups in total. The Morgan fingerprint density at radius 2 is 2.00 bits per heavy atom. The summed E-state index contributed by atoms with van der Waals surface area (Å²) >= 11 is 7.01. The molecular formula is C18H16ClFN4OS. The van der Waals surface area contributed by atoms with Crippen molar-refractivity contribution in [1.82, 2.24) is 14.8 Å². The third-order valence-electron chi connectivity index (χ3n) is 3.57. The van der Waals surface area contributed by atoms with Crippen molar-refractivity contribution in [3.8, 4) is 5.69 Å². The van der Waals surface area contributed by atoms with Crippen molar-refractivity contribution < 1.29 is 9.18 Å². The first kappa shape index (κ1) is 18.4. The van der Waals surface area contributed by atoms with Crippen molar-refractivity contribution in [2.75, 3.05) is 11.1 Å². The number of carbonyl (C=O) groups is 1. The Kier molecular flexibility index (Phi) is 5.90. The Labute approximate surface area is 159 Å². The zero-order valence-corrected chi connectivity index (χ0v) is 15.5. The van der Waals surface area contributed by atoms with Crippen molar-refractivity contribution in [1.29, 1.82) is 0 Å². The van der Waals surface area contributed by atoms with Gasteiger partial charge >= 0.3 is 0 Å². The quantitative estimate of drug-likeness (QED) is 0.635. The Bertz CT molecular complexity index is 917. The minimum atomic E-state index is -0.526. The highest BCUT2D eigenvalue weighted by atomic mass is 35.5. The van der Waals surface area contributed by atoms with Gasteiger partial charge in [-0.2, -0.15) is 0 Å². The third-order valence-corrected chi connectivity index (χ3v) is 4.79. The number of amides is 1. The summed E-state index contributed by atoms with van der Waals surface area (Å²) in [7, 11) is 0. The van der Waals surface area contributed by atoms with Gasteiger partial charge in [0.2, 0.25) is 5.91 Å². The van der Waals surface area contributed by atoms with Gasteiger partial charge in [0.15, 0.2) is 5.16 Å². The molecule has 26 heavy (non-hydrogen) atoms. The second-order valence-corrected chi connectivity index (χ2v) is 6.74. The van der Waals surface area contributed by atoms with E-state index >= 15 is 0 Å². The number of nitrogens with one attached hydrogen (secondary N) is 1. The molecule has 0 unspecified atom stereocenters. The molecule has 0 aliphatic rings. The van der Waals surface area contributed by atoms with E-state index < -0.39 is 5.82 Å². The molecule has 1 amide bonds. The summed E-state index contributed by atoms with van der Waals surface area (Å²) in [5.41, 5.74) is 1.39. The number of anilines is 1. The second kappa shape index (κ2) is 8.33. The smallest absolute Gasteiger partial charge is 0.234 e. The number of aryl methyl sites for hydroxylation is 1. The zero-order chi connectivity index (χ0) is 18.5. The van der Waals surface area contributed by atoms with Crippen molar-refractivity contribution >= 4 is 35.0 Å². The lowest BCUT2D eigenvalue weighted by atomic mass is 10.3. The van der Waals surface area contributed by atoms with Crippen molar-refractivity contribution in [3.05, 3.63) is 65.2 Å². The van der Waals surface area contributed by atoms with E-state index in [4.69, 9.17) is 11.6 Å². The number of thioether (sulfide) groups is 1. The van der Waals surface area contributed by atoms with E-state index in [-0.39, 0.29) is 16.7 Å². The lowest BCUT2D eigenvalue weighted by Gasteiger charge is -2.09. The maximum atomic E-state index is 13.2.